The molecule has 0 aliphatic rings. The topological polar surface area (TPSA) is 104 Å². The van der Waals surface area contributed by atoms with Gasteiger partial charge in [-0.1, -0.05) is 18.2 Å². The molecule has 0 bridgehead atoms. The van der Waals surface area contributed by atoms with Gasteiger partial charge >= 0.3 is 5.97 Å². The Labute approximate surface area is 145 Å². The molecule has 1 heterocycles. The number of esters is 1. The van der Waals surface area contributed by atoms with E-state index in [0.717, 1.165) is 0 Å². The number of aromatic nitrogens is 2. The van der Waals surface area contributed by atoms with Crippen LogP contribution in [0.4, 0.5) is 0 Å². The smallest absolute Gasteiger partial charge is 0.359 e. The minimum Gasteiger partial charge on any atom is -0.451 e. The van der Waals surface area contributed by atoms with Crippen molar-refractivity contribution in [2.45, 2.75) is 26.3 Å². The van der Waals surface area contributed by atoms with Crippen LogP contribution in [-0.2, 0) is 14.3 Å². The van der Waals surface area contributed by atoms with Crippen molar-refractivity contribution in [3.05, 3.63) is 30.0 Å². The van der Waals surface area contributed by atoms with Gasteiger partial charge in [-0.3, -0.25) is 14.7 Å². The number of para-hydroxylation sites is 1. The highest BCUT2D eigenvalue weighted by molar-refractivity contribution is 6.02. The van der Waals surface area contributed by atoms with E-state index in [1.54, 1.807) is 18.2 Å². The molecule has 0 atom stereocenters. The number of likely N-dealkylation sites (N-methyl/N-ethyl adjacent to an activating group) is 1. The van der Waals surface area contributed by atoms with Gasteiger partial charge in [0.15, 0.2) is 12.3 Å². The molecule has 2 aromatic rings. The largest absolute Gasteiger partial charge is 0.451 e. The van der Waals surface area contributed by atoms with Gasteiger partial charge < -0.3 is 15.0 Å². The second-order valence-corrected chi connectivity index (χ2v) is 6.74. The molecule has 0 saturated carbocycles. The van der Waals surface area contributed by atoms with Crippen molar-refractivity contribution in [2.24, 2.45) is 0 Å². The van der Waals surface area contributed by atoms with Crippen LogP contribution in [0.3, 0.4) is 0 Å². The van der Waals surface area contributed by atoms with E-state index in [1.807, 2.05) is 26.8 Å². The Hall–Kier alpha value is -2.90. The molecule has 25 heavy (non-hydrogen) atoms. The van der Waals surface area contributed by atoms with Crippen LogP contribution in [0.1, 0.15) is 31.3 Å². The fourth-order valence-corrected chi connectivity index (χ4v) is 2.19. The third-order valence-corrected chi connectivity index (χ3v) is 3.31. The lowest BCUT2D eigenvalue weighted by molar-refractivity contribution is -0.137. The molecule has 1 aromatic carbocycles. The van der Waals surface area contributed by atoms with Crippen LogP contribution in [0.5, 0.6) is 0 Å². The monoisotopic (exact) mass is 346 g/mol. The molecule has 134 valence electrons. The molecule has 2 amide bonds. The normalized spacial score (nSPS) is 11.2. The lowest BCUT2D eigenvalue weighted by atomic mass is 10.1. The Kier molecular flexibility index (Phi) is 5.41. The van der Waals surface area contributed by atoms with Crippen molar-refractivity contribution < 1.29 is 19.1 Å². The number of ether oxygens (including phenoxy) is 1. The summed E-state index contributed by atoms with van der Waals surface area (Å²) in [7, 11) is 1.47. The summed E-state index contributed by atoms with van der Waals surface area (Å²) >= 11 is 0. The first kappa shape index (κ1) is 18.4. The number of amides is 2. The number of nitrogens with one attached hydrogen (secondary N) is 2. The van der Waals surface area contributed by atoms with Crippen molar-refractivity contribution in [2.75, 3.05) is 20.2 Å². The molecule has 1 aromatic heterocycles. The third kappa shape index (κ3) is 5.03. The molecule has 0 spiro atoms. The Morgan fingerprint density at radius 2 is 1.92 bits per heavy atom. The molecule has 8 heteroatoms. The first-order valence-corrected chi connectivity index (χ1v) is 7.82. The minimum absolute atomic E-state index is 0.112. The number of hydrogen-bond acceptors (Lipinski definition) is 5. The summed E-state index contributed by atoms with van der Waals surface area (Å²) in [5.74, 6) is -1.46. The summed E-state index contributed by atoms with van der Waals surface area (Å²) in [5.41, 5.74) is 0.447. The van der Waals surface area contributed by atoms with E-state index in [1.165, 1.54) is 11.9 Å². The highest BCUT2D eigenvalue weighted by Gasteiger charge is 2.20. The highest BCUT2D eigenvalue weighted by Crippen LogP contribution is 2.15. The molecule has 0 aliphatic heterocycles. The summed E-state index contributed by atoms with van der Waals surface area (Å²) in [5, 5.41) is 10.0. The third-order valence-electron chi connectivity index (χ3n) is 3.31. The lowest BCUT2D eigenvalue weighted by Gasteiger charge is -2.23. The molecule has 0 radical (unpaired) electrons. The van der Waals surface area contributed by atoms with Gasteiger partial charge in [0.1, 0.15) is 0 Å². The zero-order chi connectivity index (χ0) is 18.6. The average molecular weight is 346 g/mol. The zero-order valence-electron chi connectivity index (χ0n) is 14.8. The Bertz CT molecular complexity index is 791. The number of rotatable bonds is 5. The second-order valence-electron chi connectivity index (χ2n) is 6.74. The van der Waals surface area contributed by atoms with Crippen LogP contribution in [0.15, 0.2) is 24.3 Å². The van der Waals surface area contributed by atoms with Gasteiger partial charge in [0, 0.05) is 18.0 Å². The molecule has 2 N–H and O–H groups in total. The Morgan fingerprint density at radius 1 is 1.24 bits per heavy atom. The maximum absolute atomic E-state index is 12.1. The molecule has 2 rings (SSSR count). The maximum Gasteiger partial charge on any atom is 0.359 e. The van der Waals surface area contributed by atoms with Crippen LogP contribution >= 0.6 is 0 Å². The van der Waals surface area contributed by atoms with E-state index in [2.05, 4.69) is 15.5 Å². The number of carbonyl (C=O) groups is 3. The Morgan fingerprint density at radius 3 is 2.60 bits per heavy atom. The van der Waals surface area contributed by atoms with E-state index in [0.29, 0.717) is 10.9 Å². The van der Waals surface area contributed by atoms with E-state index < -0.39 is 18.5 Å². The van der Waals surface area contributed by atoms with Crippen molar-refractivity contribution in [1.29, 1.82) is 0 Å². The van der Waals surface area contributed by atoms with Gasteiger partial charge in [-0.05, 0) is 26.8 Å². The highest BCUT2D eigenvalue weighted by atomic mass is 16.5. The van der Waals surface area contributed by atoms with Crippen LogP contribution in [0.2, 0.25) is 0 Å². The summed E-state index contributed by atoms with van der Waals surface area (Å²) < 4.78 is 5.02. The SMILES string of the molecule is CN(CC(=O)NC(C)(C)C)C(=O)COC(=O)c1n[nH]c2ccccc12. The van der Waals surface area contributed by atoms with Gasteiger partial charge in [0.2, 0.25) is 5.91 Å². The van der Waals surface area contributed by atoms with Gasteiger partial charge in [0.05, 0.1) is 12.1 Å². The molecular formula is C17H22N4O4. The van der Waals surface area contributed by atoms with E-state index in [9.17, 15) is 14.4 Å². The van der Waals surface area contributed by atoms with E-state index in [-0.39, 0.29) is 23.7 Å². The number of fused-ring (bicyclic) bond motifs is 1. The number of carbonyl (C=O) groups excluding carboxylic acids is 3. The summed E-state index contributed by atoms with van der Waals surface area (Å²) in [6.07, 6.45) is 0. The van der Waals surface area contributed by atoms with Gasteiger partial charge in [0.25, 0.3) is 5.91 Å². The molecular weight excluding hydrogens is 324 g/mol. The predicted molar refractivity (Wildman–Crippen MR) is 91.9 cm³/mol. The molecule has 0 fully saturated rings. The first-order valence-electron chi connectivity index (χ1n) is 7.82. The number of benzene rings is 1. The summed E-state index contributed by atoms with van der Waals surface area (Å²) in [6, 6.07) is 7.12. The van der Waals surface area contributed by atoms with Crippen LogP contribution in [0, 0.1) is 0 Å². The van der Waals surface area contributed by atoms with Gasteiger partial charge in [-0.25, -0.2) is 4.79 Å². The average Bonchev–Trinajstić information content (AvgIpc) is 2.94. The molecule has 0 aliphatic carbocycles. The van der Waals surface area contributed by atoms with Crippen molar-refractivity contribution in [3.63, 3.8) is 0 Å². The number of hydrogen-bond donors (Lipinski definition) is 2. The zero-order valence-corrected chi connectivity index (χ0v) is 14.8. The fraction of sp³-hybridized carbons (Fsp3) is 0.412. The second kappa shape index (κ2) is 7.33. The van der Waals surface area contributed by atoms with E-state index in [4.69, 9.17) is 4.74 Å². The van der Waals surface area contributed by atoms with E-state index >= 15 is 0 Å². The quantitative estimate of drug-likeness (QED) is 0.789. The number of H-pyrrole nitrogens is 1. The minimum atomic E-state index is -0.696. The van der Waals surface area contributed by atoms with Gasteiger partial charge in [-0.15, -0.1) is 0 Å². The molecule has 8 nitrogen and oxygen atoms in total. The number of aromatic amines is 1. The Balaban J connectivity index is 1.88. The summed E-state index contributed by atoms with van der Waals surface area (Å²) in [4.78, 5) is 37.1. The van der Waals surface area contributed by atoms with Crippen molar-refractivity contribution in [1.82, 2.24) is 20.4 Å². The standard InChI is InChI=1S/C17H22N4O4/c1-17(2,3)18-13(22)9-21(4)14(23)10-25-16(24)15-11-7-5-6-8-12(11)19-20-15/h5-8H,9-10H2,1-4H3,(H,18,22)(H,19,20). The van der Waals surface area contributed by atoms with Crippen molar-refractivity contribution in [3.8, 4) is 0 Å². The van der Waals surface area contributed by atoms with Crippen LogP contribution < -0.4 is 5.32 Å². The summed E-state index contributed by atoms with van der Waals surface area (Å²) in [6.45, 7) is 4.98. The number of nitrogens with zero attached hydrogens (tertiary/aromatic N) is 2. The fourth-order valence-electron chi connectivity index (χ4n) is 2.19. The first-order chi connectivity index (χ1) is 11.7. The van der Waals surface area contributed by atoms with Crippen molar-refractivity contribution >= 4 is 28.7 Å². The predicted octanol–water partition coefficient (Wildman–Crippen LogP) is 1.09. The molecule has 0 saturated heterocycles. The van der Waals surface area contributed by atoms with Gasteiger partial charge in [-0.2, -0.15) is 5.10 Å². The molecule has 0 unspecified atom stereocenters. The maximum atomic E-state index is 12.1. The van der Waals surface area contributed by atoms with Crippen LogP contribution in [0.25, 0.3) is 10.9 Å². The van der Waals surface area contributed by atoms with Crippen LogP contribution in [-0.4, -0.2) is 58.6 Å². The lowest BCUT2D eigenvalue weighted by Crippen LogP contribution is -2.46.